The van der Waals surface area contributed by atoms with Crippen LogP contribution in [0, 0.1) is 11.2 Å². The topological polar surface area (TPSA) is 154 Å². The summed E-state index contributed by atoms with van der Waals surface area (Å²) in [6.07, 6.45) is -1.21. The second-order valence-electron chi connectivity index (χ2n) is 9.51. The van der Waals surface area contributed by atoms with Crippen LogP contribution in [0.15, 0.2) is 10.6 Å². The number of carbonyl (C=O) groups excluding carboxylic acids is 4. The molecule has 0 saturated carbocycles. The lowest BCUT2D eigenvalue weighted by Gasteiger charge is -2.55. The largest absolute Gasteiger partial charge is 0.395 e. The number of rotatable bonds is 2. The van der Waals surface area contributed by atoms with Crippen molar-refractivity contribution in [3.05, 3.63) is 17.4 Å². The van der Waals surface area contributed by atoms with E-state index in [1.54, 1.807) is 24.8 Å². The number of aromatic nitrogens is 1. The summed E-state index contributed by atoms with van der Waals surface area (Å²) in [5.41, 5.74) is -1.43. The first-order valence-electron chi connectivity index (χ1n) is 11.4. The van der Waals surface area contributed by atoms with E-state index in [-0.39, 0.29) is 65.2 Å². The second-order valence-corrected chi connectivity index (χ2v) is 10.8. The maximum atomic E-state index is 16.1. The minimum atomic E-state index is -1.76. The van der Waals surface area contributed by atoms with Crippen LogP contribution in [0.25, 0.3) is 11.0 Å². The van der Waals surface area contributed by atoms with Crippen molar-refractivity contribution in [1.29, 1.82) is 0 Å². The molecule has 36 heavy (non-hydrogen) atoms. The maximum absolute atomic E-state index is 16.1. The van der Waals surface area contributed by atoms with Gasteiger partial charge in [0.25, 0.3) is 5.24 Å². The molecule has 6 rings (SSSR count). The van der Waals surface area contributed by atoms with Crippen LogP contribution in [0.4, 0.5) is 25.5 Å². The van der Waals surface area contributed by atoms with Crippen molar-refractivity contribution in [2.24, 2.45) is 5.41 Å². The number of benzene rings is 1. The molecule has 2 unspecified atom stereocenters. The number of hydrogen-bond acceptors (Lipinski definition) is 10. The Bertz CT molecular complexity index is 1330. The summed E-state index contributed by atoms with van der Waals surface area (Å²) in [4.78, 5) is 53.9. The van der Waals surface area contributed by atoms with E-state index >= 15 is 4.39 Å². The van der Waals surface area contributed by atoms with E-state index in [0.29, 0.717) is 5.56 Å². The summed E-state index contributed by atoms with van der Waals surface area (Å²) in [7, 11) is 0. The van der Waals surface area contributed by atoms with Gasteiger partial charge >= 0.3 is 6.03 Å². The number of aliphatic hydroxyl groups is 1. The number of hydrogen-bond donors (Lipinski definition) is 3. The lowest BCUT2D eigenvalue weighted by atomic mass is 9.66. The van der Waals surface area contributed by atoms with Crippen molar-refractivity contribution < 1.29 is 37.9 Å². The first kappa shape index (κ1) is 23.2. The predicted octanol–water partition coefficient (Wildman–Crippen LogP) is 0.892. The van der Waals surface area contributed by atoms with Gasteiger partial charge in [0.1, 0.15) is 0 Å². The molecule has 190 valence electrons. The average Bonchev–Trinajstić information content (AvgIpc) is 3.39. The molecule has 2 aromatic rings. The van der Waals surface area contributed by atoms with Crippen molar-refractivity contribution in [3.8, 4) is 0 Å². The molecule has 5 heterocycles. The highest BCUT2D eigenvalue weighted by atomic mass is 32.2. The predicted molar refractivity (Wildman–Crippen MR) is 124 cm³/mol. The Morgan fingerprint density at radius 1 is 1.22 bits per heavy atom. The zero-order valence-corrected chi connectivity index (χ0v) is 20.1. The third kappa shape index (κ3) is 3.04. The zero-order valence-electron chi connectivity index (χ0n) is 19.2. The summed E-state index contributed by atoms with van der Waals surface area (Å²) < 4.78 is 27.4. The van der Waals surface area contributed by atoms with Crippen LogP contribution in [-0.2, 0) is 20.7 Å². The Morgan fingerprint density at radius 3 is 2.61 bits per heavy atom. The van der Waals surface area contributed by atoms with Crippen molar-refractivity contribution in [2.45, 2.75) is 43.8 Å². The summed E-state index contributed by atoms with van der Waals surface area (Å²) in [6, 6.07) is -0.244. The number of thioether (sulfide) groups is 1. The number of nitrogens with one attached hydrogen (secondary N) is 2. The highest BCUT2D eigenvalue weighted by molar-refractivity contribution is 8.14. The number of morpholine rings is 1. The van der Waals surface area contributed by atoms with Gasteiger partial charge in [0.15, 0.2) is 17.1 Å². The van der Waals surface area contributed by atoms with Gasteiger partial charge in [-0.3, -0.25) is 29.9 Å². The normalized spacial score (nSPS) is 29.4. The molecule has 1 spiro atoms. The van der Waals surface area contributed by atoms with Gasteiger partial charge in [-0.05, 0) is 25.5 Å². The maximum Gasteiger partial charge on any atom is 0.328 e. The number of aliphatic hydroxyl groups excluding tert-OH is 1. The zero-order chi connectivity index (χ0) is 25.5. The number of anilines is 2. The second kappa shape index (κ2) is 7.88. The number of imide groups is 2. The Hall–Kier alpha value is -3.23. The lowest BCUT2D eigenvalue weighted by molar-refractivity contribution is -0.153. The number of urea groups is 1. The number of nitrogens with zero attached hydrogens (tertiary/aromatic N) is 3. The molecule has 3 fully saturated rings. The van der Waals surface area contributed by atoms with Gasteiger partial charge in [-0.25, -0.2) is 9.18 Å². The highest BCUT2D eigenvalue weighted by Gasteiger charge is 2.63. The number of carbonyl (C=O) groups is 4. The van der Waals surface area contributed by atoms with E-state index in [2.05, 4.69) is 15.8 Å². The van der Waals surface area contributed by atoms with Crippen LogP contribution < -0.4 is 20.4 Å². The molecule has 4 aliphatic rings. The average molecular weight is 520 g/mol. The van der Waals surface area contributed by atoms with Crippen LogP contribution in [0.1, 0.15) is 19.4 Å². The summed E-state index contributed by atoms with van der Waals surface area (Å²) in [5, 5.41) is 17.3. The van der Waals surface area contributed by atoms with Crippen molar-refractivity contribution in [1.82, 2.24) is 15.8 Å². The fourth-order valence-corrected chi connectivity index (χ4v) is 6.79. The molecule has 1 aromatic heterocycles. The lowest BCUT2D eigenvalue weighted by Crippen LogP contribution is -2.75. The van der Waals surface area contributed by atoms with E-state index in [9.17, 15) is 24.3 Å². The minimum absolute atomic E-state index is 0.0905. The molecule has 0 radical (unpaired) electrons. The molecule has 3 saturated heterocycles. The minimum Gasteiger partial charge on any atom is -0.395 e. The monoisotopic (exact) mass is 519 g/mol. The van der Waals surface area contributed by atoms with E-state index in [0.717, 1.165) is 11.8 Å². The smallest absolute Gasteiger partial charge is 0.328 e. The molecule has 0 aliphatic carbocycles. The van der Waals surface area contributed by atoms with E-state index < -0.39 is 41.2 Å². The van der Waals surface area contributed by atoms with Gasteiger partial charge < -0.3 is 19.3 Å². The molecule has 5 amide bonds. The van der Waals surface area contributed by atoms with Gasteiger partial charge in [0, 0.05) is 19.5 Å². The number of amides is 5. The van der Waals surface area contributed by atoms with Crippen LogP contribution in [-0.4, -0.2) is 76.5 Å². The Kier molecular flexibility index (Phi) is 5.08. The quantitative estimate of drug-likeness (QED) is 0.488. The fraction of sp³-hybridized carbons (Fsp3) is 0.500. The van der Waals surface area contributed by atoms with E-state index in [4.69, 9.17) is 9.26 Å². The number of halogens is 1. The summed E-state index contributed by atoms with van der Waals surface area (Å²) in [5.74, 6) is -2.21. The first-order chi connectivity index (χ1) is 17.1. The van der Waals surface area contributed by atoms with Crippen LogP contribution in [0.2, 0.25) is 0 Å². The van der Waals surface area contributed by atoms with E-state index in [1.165, 1.54) is 4.90 Å². The van der Waals surface area contributed by atoms with Gasteiger partial charge in [-0.2, -0.15) is 0 Å². The summed E-state index contributed by atoms with van der Waals surface area (Å²) >= 11 is 0.949. The molecular weight excluding hydrogens is 497 g/mol. The number of ether oxygens (including phenoxy) is 1. The Balaban J connectivity index is 1.55. The van der Waals surface area contributed by atoms with Gasteiger partial charge in [0.05, 0.1) is 41.2 Å². The molecule has 1 aromatic carbocycles. The third-order valence-electron chi connectivity index (χ3n) is 7.28. The standard InChI is InChI=1S/C22H22FN5O7S/c1-8-5-27-14-10(4-22(16(27)9(2)34-8)18(30)24-20(32)25-19(22)31)3-12-15(13(14)23)35-26-17(12)28-6-11(7-29)36-21(28)33/h3,8-9,11,16,29H,4-7H2,1-2H3,(H2,24,25,30,31,32)/t8-,9+,11?,16?/m1/s1. The van der Waals surface area contributed by atoms with Crippen molar-refractivity contribution in [3.63, 3.8) is 0 Å². The molecule has 12 nitrogen and oxygen atoms in total. The molecular formula is C22H22FN5O7S. The van der Waals surface area contributed by atoms with Gasteiger partial charge in [-0.15, -0.1) is 0 Å². The van der Waals surface area contributed by atoms with E-state index in [1.807, 2.05) is 0 Å². The summed E-state index contributed by atoms with van der Waals surface area (Å²) in [6.45, 7) is 3.63. The molecule has 14 heteroatoms. The third-order valence-corrected chi connectivity index (χ3v) is 8.33. The highest BCUT2D eigenvalue weighted by Crippen LogP contribution is 2.50. The van der Waals surface area contributed by atoms with Crippen LogP contribution >= 0.6 is 11.8 Å². The molecule has 3 N–H and O–H groups in total. The first-order valence-corrected chi connectivity index (χ1v) is 12.3. The van der Waals surface area contributed by atoms with Crippen molar-refractivity contribution >= 4 is 57.3 Å². The fourth-order valence-electron chi connectivity index (χ4n) is 5.92. The van der Waals surface area contributed by atoms with Gasteiger partial charge in [-0.1, -0.05) is 16.9 Å². The van der Waals surface area contributed by atoms with Gasteiger partial charge in [0.2, 0.25) is 17.4 Å². The Labute approximate surface area is 207 Å². The van der Waals surface area contributed by atoms with Crippen molar-refractivity contribution in [2.75, 3.05) is 29.5 Å². The molecule has 0 bridgehead atoms. The SMILES string of the molecule is C[C@@H]1CN2c3c(cc4c(N5CC(CO)SC5=O)noc4c3F)CC3(C(=O)NC(=O)NC3=O)C2[C@H](C)O1. The van der Waals surface area contributed by atoms with Crippen LogP contribution in [0.5, 0.6) is 0 Å². The number of fused-ring (bicyclic) bond motifs is 5. The molecule has 4 aliphatic heterocycles. The number of barbiturate groups is 1. The van der Waals surface area contributed by atoms with Crippen LogP contribution in [0.3, 0.4) is 0 Å². The molecule has 4 atom stereocenters. The Morgan fingerprint density at radius 2 is 1.94 bits per heavy atom.